The number of carbonyl (C=O) groups excluding carboxylic acids is 1. The zero-order chi connectivity index (χ0) is 13.0. The second-order valence-corrected chi connectivity index (χ2v) is 5.40. The molecule has 0 spiro atoms. The second kappa shape index (κ2) is 5.94. The highest BCUT2D eigenvalue weighted by Crippen LogP contribution is 2.20. The van der Waals surface area contributed by atoms with E-state index < -0.39 is 0 Å². The molecule has 96 valence electrons. The molecule has 0 aliphatic rings. The van der Waals surface area contributed by atoms with Crippen LogP contribution in [0.5, 0.6) is 0 Å². The highest BCUT2D eigenvalue weighted by Gasteiger charge is 2.18. The van der Waals surface area contributed by atoms with E-state index in [1.165, 1.54) is 0 Å². The molecule has 0 aromatic carbocycles. The number of aldehydes is 1. The summed E-state index contributed by atoms with van der Waals surface area (Å²) in [5.41, 5.74) is 1.48. The molecule has 1 aromatic rings. The summed E-state index contributed by atoms with van der Waals surface area (Å²) in [5, 5.41) is 8.08. The van der Waals surface area contributed by atoms with E-state index >= 15 is 0 Å². The predicted molar refractivity (Wildman–Crippen MR) is 68.1 cm³/mol. The van der Waals surface area contributed by atoms with Crippen LogP contribution in [0.2, 0.25) is 0 Å². The fourth-order valence-electron chi connectivity index (χ4n) is 1.69. The molecular formula is C13H23N3O. The van der Waals surface area contributed by atoms with E-state index in [4.69, 9.17) is 0 Å². The summed E-state index contributed by atoms with van der Waals surface area (Å²) < 4.78 is 1.91. The summed E-state index contributed by atoms with van der Waals surface area (Å²) in [6.45, 7) is 10.8. The lowest BCUT2D eigenvalue weighted by Crippen LogP contribution is -2.16. The molecular weight excluding hydrogens is 214 g/mol. The van der Waals surface area contributed by atoms with Gasteiger partial charge in [-0.1, -0.05) is 32.9 Å². The third kappa shape index (κ3) is 3.38. The van der Waals surface area contributed by atoms with Crippen molar-refractivity contribution in [3.8, 4) is 0 Å². The zero-order valence-corrected chi connectivity index (χ0v) is 11.5. The number of nitrogens with zero attached hydrogens (tertiary/aromatic N) is 3. The zero-order valence-electron chi connectivity index (χ0n) is 11.5. The lowest BCUT2D eigenvalue weighted by molar-refractivity contribution is 0.111. The predicted octanol–water partition coefficient (Wildman–Crippen LogP) is 2.90. The van der Waals surface area contributed by atoms with Gasteiger partial charge in [-0.05, 0) is 31.6 Å². The van der Waals surface area contributed by atoms with Crippen LogP contribution in [-0.2, 0) is 6.42 Å². The Balaban J connectivity index is 2.97. The highest BCUT2D eigenvalue weighted by molar-refractivity contribution is 5.73. The van der Waals surface area contributed by atoms with Gasteiger partial charge in [0.2, 0.25) is 0 Å². The first-order chi connectivity index (χ1) is 7.97. The van der Waals surface area contributed by atoms with E-state index in [0.717, 1.165) is 24.8 Å². The molecule has 1 rings (SSSR count). The molecule has 4 heteroatoms. The molecule has 1 unspecified atom stereocenters. The van der Waals surface area contributed by atoms with Crippen molar-refractivity contribution in [3.63, 3.8) is 0 Å². The van der Waals surface area contributed by atoms with Crippen LogP contribution in [0.25, 0.3) is 0 Å². The normalized spacial score (nSPS) is 13.4. The largest absolute Gasteiger partial charge is 0.296 e. The number of carbonyl (C=O) groups is 1. The third-order valence-electron chi connectivity index (χ3n) is 3.24. The minimum Gasteiger partial charge on any atom is -0.296 e. The molecule has 0 aliphatic carbocycles. The van der Waals surface area contributed by atoms with Crippen LogP contribution in [0.3, 0.4) is 0 Å². The number of aromatic nitrogens is 3. The van der Waals surface area contributed by atoms with Gasteiger partial charge in [0.15, 0.2) is 6.29 Å². The van der Waals surface area contributed by atoms with Crippen LogP contribution in [-0.4, -0.2) is 21.3 Å². The van der Waals surface area contributed by atoms with E-state index in [2.05, 4.69) is 44.9 Å². The van der Waals surface area contributed by atoms with Gasteiger partial charge < -0.3 is 0 Å². The summed E-state index contributed by atoms with van der Waals surface area (Å²) in [6, 6.07) is 0.276. The van der Waals surface area contributed by atoms with Crippen LogP contribution in [0, 0.1) is 11.8 Å². The van der Waals surface area contributed by atoms with Gasteiger partial charge >= 0.3 is 0 Å². The van der Waals surface area contributed by atoms with E-state index in [1.54, 1.807) is 0 Å². The van der Waals surface area contributed by atoms with Crippen molar-refractivity contribution in [2.75, 3.05) is 0 Å². The maximum Gasteiger partial charge on any atom is 0.172 e. The second-order valence-electron chi connectivity index (χ2n) is 5.40. The number of hydrogen-bond acceptors (Lipinski definition) is 3. The molecule has 0 amide bonds. The van der Waals surface area contributed by atoms with Crippen molar-refractivity contribution in [1.29, 1.82) is 0 Å². The summed E-state index contributed by atoms with van der Waals surface area (Å²) >= 11 is 0. The van der Waals surface area contributed by atoms with Gasteiger partial charge in [-0.3, -0.25) is 4.79 Å². The Labute approximate surface area is 103 Å². The molecule has 0 radical (unpaired) electrons. The highest BCUT2D eigenvalue weighted by atomic mass is 16.1. The Morgan fingerprint density at radius 3 is 2.35 bits per heavy atom. The van der Waals surface area contributed by atoms with E-state index in [0.29, 0.717) is 17.5 Å². The smallest absolute Gasteiger partial charge is 0.172 e. The fourth-order valence-corrected chi connectivity index (χ4v) is 1.69. The Morgan fingerprint density at radius 2 is 1.88 bits per heavy atom. The molecule has 4 nitrogen and oxygen atoms in total. The lowest BCUT2D eigenvalue weighted by Gasteiger charge is -2.18. The fraction of sp³-hybridized carbons (Fsp3) is 0.769. The quantitative estimate of drug-likeness (QED) is 0.715. The first-order valence-electron chi connectivity index (χ1n) is 6.36. The minimum absolute atomic E-state index is 0.276. The average Bonchev–Trinajstić information content (AvgIpc) is 2.67. The maximum absolute atomic E-state index is 11.0. The Hall–Kier alpha value is -1.19. The molecule has 1 atom stereocenters. The van der Waals surface area contributed by atoms with Gasteiger partial charge in [0.1, 0.15) is 5.69 Å². The van der Waals surface area contributed by atoms with Crippen molar-refractivity contribution in [1.82, 2.24) is 15.0 Å². The molecule has 0 saturated heterocycles. The molecule has 0 bridgehead atoms. The maximum atomic E-state index is 11.0. The first-order valence-corrected chi connectivity index (χ1v) is 6.36. The molecule has 0 N–H and O–H groups in total. The molecule has 0 saturated carbocycles. The van der Waals surface area contributed by atoms with Crippen molar-refractivity contribution >= 4 is 6.29 Å². The van der Waals surface area contributed by atoms with Gasteiger partial charge in [0.25, 0.3) is 0 Å². The SMILES string of the molecule is CC(C)CCc1c(C=O)nnn1C(C)C(C)C. The van der Waals surface area contributed by atoms with Crippen LogP contribution in [0.1, 0.15) is 63.3 Å². The topological polar surface area (TPSA) is 47.8 Å². The van der Waals surface area contributed by atoms with Crippen molar-refractivity contribution < 1.29 is 4.79 Å². The van der Waals surface area contributed by atoms with Gasteiger partial charge in [-0.15, -0.1) is 5.10 Å². The number of hydrogen-bond donors (Lipinski definition) is 0. The summed E-state index contributed by atoms with van der Waals surface area (Å²) in [7, 11) is 0. The van der Waals surface area contributed by atoms with Crippen LogP contribution in [0.4, 0.5) is 0 Å². The minimum atomic E-state index is 0.276. The summed E-state index contributed by atoms with van der Waals surface area (Å²) in [4.78, 5) is 11.0. The van der Waals surface area contributed by atoms with Crippen LogP contribution in [0.15, 0.2) is 0 Å². The van der Waals surface area contributed by atoms with E-state index in [1.807, 2.05) is 4.68 Å². The van der Waals surface area contributed by atoms with E-state index in [9.17, 15) is 4.79 Å². The molecule has 17 heavy (non-hydrogen) atoms. The van der Waals surface area contributed by atoms with Gasteiger partial charge in [0.05, 0.1) is 11.7 Å². The summed E-state index contributed by atoms with van der Waals surface area (Å²) in [5.74, 6) is 1.10. The van der Waals surface area contributed by atoms with Crippen molar-refractivity contribution in [2.24, 2.45) is 11.8 Å². The van der Waals surface area contributed by atoms with Crippen LogP contribution < -0.4 is 0 Å². The number of rotatable bonds is 6. The first kappa shape index (κ1) is 13.9. The molecule has 1 heterocycles. The van der Waals surface area contributed by atoms with Gasteiger partial charge in [0, 0.05) is 0 Å². The molecule has 0 aliphatic heterocycles. The van der Waals surface area contributed by atoms with Crippen molar-refractivity contribution in [2.45, 2.75) is 53.5 Å². The Bertz CT molecular complexity index is 369. The lowest BCUT2D eigenvalue weighted by atomic mass is 10.0. The van der Waals surface area contributed by atoms with Gasteiger partial charge in [-0.25, -0.2) is 4.68 Å². The molecule has 1 aromatic heterocycles. The molecule has 0 fully saturated rings. The Kier molecular flexibility index (Phi) is 4.85. The van der Waals surface area contributed by atoms with Gasteiger partial charge in [-0.2, -0.15) is 0 Å². The standard InChI is InChI=1S/C13H23N3O/c1-9(2)6-7-13-12(8-17)14-15-16(13)11(5)10(3)4/h8-11H,6-7H2,1-5H3. The average molecular weight is 237 g/mol. The monoisotopic (exact) mass is 237 g/mol. The van der Waals surface area contributed by atoms with E-state index in [-0.39, 0.29) is 6.04 Å². The third-order valence-corrected chi connectivity index (χ3v) is 3.24. The summed E-state index contributed by atoms with van der Waals surface area (Å²) in [6.07, 6.45) is 2.74. The Morgan fingerprint density at radius 1 is 1.24 bits per heavy atom. The van der Waals surface area contributed by atoms with Crippen molar-refractivity contribution in [3.05, 3.63) is 11.4 Å². The van der Waals surface area contributed by atoms with Crippen LogP contribution >= 0.6 is 0 Å².